The Hall–Kier alpha value is -3.32. The second-order valence-electron chi connectivity index (χ2n) is 8.62. The van der Waals surface area contributed by atoms with Crippen molar-refractivity contribution < 1.29 is 34.2 Å². The third kappa shape index (κ3) is 10.5. The van der Waals surface area contributed by atoms with Gasteiger partial charge in [0.25, 0.3) is 0 Å². The van der Waals surface area contributed by atoms with Gasteiger partial charge in [-0.3, -0.25) is 19.2 Å². The highest BCUT2D eigenvalue weighted by molar-refractivity contribution is 7.98. The first kappa shape index (κ1) is 30.7. The van der Waals surface area contributed by atoms with Gasteiger partial charge in [0.1, 0.15) is 23.9 Å². The summed E-state index contributed by atoms with van der Waals surface area (Å²) in [4.78, 5) is 61.6. The lowest BCUT2D eigenvalue weighted by atomic mass is 10.0. The van der Waals surface area contributed by atoms with Gasteiger partial charge in [0.2, 0.25) is 23.6 Å². The standard InChI is InChI=1S/C23H35N5O7S/c1-12(2)19(23(34)35)28-22(33)17(11-18(25)30)27-21(32)16(10-13-4-6-14(29)7-5-13)26-20(31)15(24)8-9-36-3/h4-7,12,15-17,19,29H,8-11,24H2,1-3H3,(H2,25,30)(H,26,31)(H,27,32)(H,28,33)(H,34,35). The maximum atomic E-state index is 13.2. The van der Waals surface area contributed by atoms with E-state index in [2.05, 4.69) is 16.0 Å². The zero-order valence-electron chi connectivity index (χ0n) is 20.5. The molecule has 13 heteroatoms. The molecule has 0 saturated heterocycles. The van der Waals surface area contributed by atoms with E-state index in [1.54, 1.807) is 26.0 Å². The Morgan fingerprint density at radius 2 is 1.50 bits per heavy atom. The van der Waals surface area contributed by atoms with Crippen molar-refractivity contribution >= 4 is 41.4 Å². The zero-order chi connectivity index (χ0) is 27.4. The molecule has 4 amide bonds. The molecule has 36 heavy (non-hydrogen) atoms. The molecule has 0 aromatic heterocycles. The summed E-state index contributed by atoms with van der Waals surface area (Å²) in [5.74, 6) is -4.29. The summed E-state index contributed by atoms with van der Waals surface area (Å²) < 4.78 is 0. The summed E-state index contributed by atoms with van der Waals surface area (Å²) in [5, 5.41) is 26.1. The van der Waals surface area contributed by atoms with Crippen LogP contribution < -0.4 is 27.4 Å². The van der Waals surface area contributed by atoms with E-state index < -0.39 is 66.1 Å². The van der Waals surface area contributed by atoms with E-state index in [1.165, 1.54) is 23.9 Å². The lowest BCUT2D eigenvalue weighted by molar-refractivity contribution is -0.143. The minimum Gasteiger partial charge on any atom is -0.508 e. The Morgan fingerprint density at radius 1 is 0.944 bits per heavy atom. The third-order valence-electron chi connectivity index (χ3n) is 5.25. The molecular formula is C23H35N5O7S. The fourth-order valence-corrected chi connectivity index (χ4v) is 3.67. The van der Waals surface area contributed by atoms with E-state index in [-0.39, 0.29) is 12.2 Å². The fourth-order valence-electron chi connectivity index (χ4n) is 3.18. The van der Waals surface area contributed by atoms with Crippen LogP contribution in [0, 0.1) is 5.92 Å². The number of rotatable bonds is 15. The van der Waals surface area contributed by atoms with Crippen molar-refractivity contribution in [1.29, 1.82) is 0 Å². The molecule has 1 aromatic rings. The van der Waals surface area contributed by atoms with E-state index in [1.807, 2.05) is 6.26 Å². The summed E-state index contributed by atoms with van der Waals surface area (Å²) >= 11 is 1.51. The first-order valence-corrected chi connectivity index (χ1v) is 12.7. The number of benzene rings is 1. The van der Waals surface area contributed by atoms with Crippen molar-refractivity contribution in [2.45, 2.75) is 57.3 Å². The van der Waals surface area contributed by atoms with Gasteiger partial charge in [-0.1, -0.05) is 26.0 Å². The van der Waals surface area contributed by atoms with Gasteiger partial charge < -0.3 is 37.6 Å². The smallest absolute Gasteiger partial charge is 0.326 e. The molecule has 0 aliphatic rings. The maximum Gasteiger partial charge on any atom is 0.326 e. The van der Waals surface area contributed by atoms with Crippen molar-refractivity contribution in [3.8, 4) is 5.75 Å². The highest BCUT2D eigenvalue weighted by Crippen LogP contribution is 2.12. The molecule has 0 spiro atoms. The van der Waals surface area contributed by atoms with Crippen LogP contribution in [0.5, 0.6) is 5.75 Å². The van der Waals surface area contributed by atoms with Crippen molar-refractivity contribution in [3.05, 3.63) is 29.8 Å². The van der Waals surface area contributed by atoms with Crippen LogP contribution in [0.4, 0.5) is 0 Å². The lowest BCUT2D eigenvalue weighted by Gasteiger charge is -2.25. The molecule has 0 aliphatic carbocycles. The number of primary amides is 1. The SMILES string of the molecule is CSCCC(N)C(=O)NC(Cc1ccc(O)cc1)C(=O)NC(CC(N)=O)C(=O)NC(C(=O)O)C(C)C. The number of phenols is 1. The summed E-state index contributed by atoms with van der Waals surface area (Å²) in [7, 11) is 0. The molecule has 0 bridgehead atoms. The number of hydrogen-bond donors (Lipinski definition) is 7. The number of carboxylic acids is 1. The van der Waals surface area contributed by atoms with Gasteiger partial charge in [0.15, 0.2) is 0 Å². The molecule has 4 unspecified atom stereocenters. The number of nitrogens with one attached hydrogen (secondary N) is 3. The molecule has 4 atom stereocenters. The third-order valence-corrected chi connectivity index (χ3v) is 5.89. The zero-order valence-corrected chi connectivity index (χ0v) is 21.3. The minimum absolute atomic E-state index is 0.0121. The number of phenolic OH excluding ortho intramolecular Hbond substituents is 1. The average Bonchev–Trinajstić information content (AvgIpc) is 2.80. The monoisotopic (exact) mass is 525 g/mol. The molecule has 0 heterocycles. The Morgan fingerprint density at radius 3 is 2.00 bits per heavy atom. The van der Waals surface area contributed by atoms with Gasteiger partial charge >= 0.3 is 5.97 Å². The second kappa shape index (κ2) is 14.9. The lowest BCUT2D eigenvalue weighted by Crippen LogP contribution is -2.58. The largest absolute Gasteiger partial charge is 0.508 e. The van der Waals surface area contributed by atoms with Crippen LogP contribution in [0.2, 0.25) is 0 Å². The van der Waals surface area contributed by atoms with Crippen molar-refractivity contribution in [1.82, 2.24) is 16.0 Å². The second-order valence-corrected chi connectivity index (χ2v) is 9.61. The Labute approximate surface area is 213 Å². The van der Waals surface area contributed by atoms with Crippen LogP contribution in [-0.4, -0.2) is 76.0 Å². The number of amides is 4. The van der Waals surface area contributed by atoms with E-state index in [4.69, 9.17) is 11.5 Å². The van der Waals surface area contributed by atoms with E-state index >= 15 is 0 Å². The number of carbonyl (C=O) groups excluding carboxylic acids is 4. The molecule has 200 valence electrons. The molecular weight excluding hydrogens is 490 g/mol. The quantitative estimate of drug-likeness (QED) is 0.151. The topological polar surface area (TPSA) is 214 Å². The number of nitrogens with two attached hydrogens (primary N) is 2. The highest BCUT2D eigenvalue weighted by Gasteiger charge is 2.32. The van der Waals surface area contributed by atoms with Crippen molar-refractivity contribution in [2.75, 3.05) is 12.0 Å². The highest BCUT2D eigenvalue weighted by atomic mass is 32.2. The molecule has 1 rings (SSSR count). The van der Waals surface area contributed by atoms with Crippen molar-refractivity contribution in [2.24, 2.45) is 17.4 Å². The summed E-state index contributed by atoms with van der Waals surface area (Å²) in [5.41, 5.74) is 11.8. The first-order chi connectivity index (χ1) is 16.8. The number of hydrogen-bond acceptors (Lipinski definition) is 8. The number of carboxylic acid groups (broad SMARTS) is 1. The van der Waals surface area contributed by atoms with Crippen LogP contribution in [0.3, 0.4) is 0 Å². The Bertz CT molecular complexity index is 926. The summed E-state index contributed by atoms with van der Waals surface area (Å²) in [6.45, 7) is 3.18. The number of thioether (sulfide) groups is 1. The Kier molecular flexibility index (Phi) is 12.7. The van der Waals surface area contributed by atoms with Crippen LogP contribution in [0.1, 0.15) is 32.3 Å². The molecule has 1 aromatic carbocycles. The van der Waals surface area contributed by atoms with Gasteiger partial charge in [0.05, 0.1) is 12.5 Å². The average molecular weight is 526 g/mol. The van der Waals surface area contributed by atoms with Crippen LogP contribution >= 0.6 is 11.8 Å². The van der Waals surface area contributed by atoms with Crippen molar-refractivity contribution in [3.63, 3.8) is 0 Å². The van der Waals surface area contributed by atoms with E-state index in [9.17, 15) is 34.2 Å². The minimum atomic E-state index is -1.47. The molecule has 0 saturated carbocycles. The fraction of sp³-hybridized carbons (Fsp3) is 0.522. The van der Waals surface area contributed by atoms with Gasteiger partial charge in [-0.15, -0.1) is 0 Å². The molecule has 0 fully saturated rings. The van der Waals surface area contributed by atoms with Gasteiger partial charge in [-0.2, -0.15) is 11.8 Å². The Balaban J connectivity index is 3.13. The predicted molar refractivity (Wildman–Crippen MR) is 135 cm³/mol. The molecule has 12 nitrogen and oxygen atoms in total. The van der Waals surface area contributed by atoms with Crippen LogP contribution in [0.15, 0.2) is 24.3 Å². The summed E-state index contributed by atoms with van der Waals surface area (Å²) in [6.07, 6.45) is 1.64. The van der Waals surface area contributed by atoms with Crippen LogP contribution in [-0.2, 0) is 30.4 Å². The number of aromatic hydroxyl groups is 1. The number of carbonyl (C=O) groups is 5. The first-order valence-electron chi connectivity index (χ1n) is 11.3. The van der Waals surface area contributed by atoms with Crippen LogP contribution in [0.25, 0.3) is 0 Å². The summed E-state index contributed by atoms with van der Waals surface area (Å²) in [6, 6.07) is 1.15. The number of aliphatic carboxylic acids is 1. The molecule has 0 radical (unpaired) electrons. The van der Waals surface area contributed by atoms with E-state index in [0.29, 0.717) is 17.7 Å². The predicted octanol–water partition coefficient (Wildman–Crippen LogP) is -0.914. The van der Waals surface area contributed by atoms with E-state index in [0.717, 1.165) is 0 Å². The van der Waals surface area contributed by atoms with Gasteiger partial charge in [-0.25, -0.2) is 4.79 Å². The van der Waals surface area contributed by atoms with Gasteiger partial charge in [-0.05, 0) is 42.0 Å². The van der Waals surface area contributed by atoms with Gasteiger partial charge in [0, 0.05) is 6.42 Å². The maximum absolute atomic E-state index is 13.2. The molecule has 0 aliphatic heterocycles. The molecule has 9 N–H and O–H groups in total. The normalized spacial score (nSPS) is 14.2.